The van der Waals surface area contributed by atoms with Gasteiger partial charge in [0.25, 0.3) is 5.56 Å². The monoisotopic (exact) mass is 482 g/mol. The van der Waals surface area contributed by atoms with Gasteiger partial charge in [-0.1, -0.05) is 35.6 Å². The summed E-state index contributed by atoms with van der Waals surface area (Å²) in [7, 11) is 3.03. The smallest absolute Gasteiger partial charge is 0.338 e. The zero-order chi connectivity index (χ0) is 24.4. The van der Waals surface area contributed by atoms with E-state index in [0.717, 1.165) is 11.3 Å². The first-order valence-corrected chi connectivity index (χ1v) is 11.4. The van der Waals surface area contributed by atoms with Crippen LogP contribution in [-0.2, 0) is 9.53 Å². The van der Waals surface area contributed by atoms with E-state index in [2.05, 4.69) is 4.99 Å². The lowest BCUT2D eigenvalue weighted by molar-refractivity contribution is -0.139. The van der Waals surface area contributed by atoms with E-state index in [-0.39, 0.29) is 23.3 Å². The summed E-state index contributed by atoms with van der Waals surface area (Å²) in [5, 5.41) is 0. The fourth-order valence-electron chi connectivity index (χ4n) is 3.86. The molecule has 0 amide bonds. The van der Waals surface area contributed by atoms with Gasteiger partial charge in [-0.05, 0) is 43.7 Å². The predicted molar refractivity (Wildman–Crippen MR) is 126 cm³/mol. The van der Waals surface area contributed by atoms with Crippen LogP contribution in [0.5, 0.6) is 11.5 Å². The number of hydrogen-bond acceptors (Lipinski definition) is 7. The quantitative estimate of drug-likeness (QED) is 0.505. The number of allylic oxidation sites excluding steroid dienone is 1. The standard InChI is InChI=1S/C25H23FN2O5S/c1-5-33-24(30)21-14(2)27-25-28(22(21)16-10-11-18(31-3)19(12-16)32-4)23(29)20(34-25)13-15-8-6-7-9-17(15)26/h6-13,22H,5H2,1-4H3/b20-13+/t22-/m1/s1. The summed E-state index contributed by atoms with van der Waals surface area (Å²) >= 11 is 1.13. The van der Waals surface area contributed by atoms with Crippen molar-refractivity contribution in [3.63, 3.8) is 0 Å². The molecule has 0 N–H and O–H groups in total. The summed E-state index contributed by atoms with van der Waals surface area (Å²) in [6.45, 7) is 3.59. The third-order valence-corrected chi connectivity index (χ3v) is 6.42. The molecule has 3 aromatic rings. The van der Waals surface area contributed by atoms with Gasteiger partial charge in [-0.25, -0.2) is 14.2 Å². The van der Waals surface area contributed by atoms with Gasteiger partial charge in [-0.3, -0.25) is 9.36 Å². The molecule has 2 heterocycles. The van der Waals surface area contributed by atoms with Crippen LogP contribution in [0, 0.1) is 5.82 Å². The molecule has 0 spiro atoms. The highest BCUT2D eigenvalue weighted by Gasteiger charge is 2.33. The number of methoxy groups -OCH3 is 2. The molecule has 4 rings (SSSR count). The minimum atomic E-state index is -0.808. The number of carbonyl (C=O) groups is 1. The molecule has 176 valence electrons. The number of aromatic nitrogens is 1. The maximum absolute atomic E-state index is 14.2. The van der Waals surface area contributed by atoms with Crippen molar-refractivity contribution in [3.8, 4) is 11.5 Å². The molecule has 0 radical (unpaired) electrons. The highest BCUT2D eigenvalue weighted by Crippen LogP contribution is 2.36. The Hall–Kier alpha value is -3.72. The first kappa shape index (κ1) is 23.4. The predicted octanol–water partition coefficient (Wildman–Crippen LogP) is 2.95. The summed E-state index contributed by atoms with van der Waals surface area (Å²) < 4.78 is 32.1. The minimum absolute atomic E-state index is 0.173. The summed E-state index contributed by atoms with van der Waals surface area (Å²) in [5.74, 6) is -0.0389. The molecule has 0 fully saturated rings. The Morgan fingerprint density at radius 3 is 2.59 bits per heavy atom. The van der Waals surface area contributed by atoms with Crippen molar-refractivity contribution in [3.05, 3.63) is 90.4 Å². The molecule has 0 bridgehead atoms. The number of thiazole rings is 1. The van der Waals surface area contributed by atoms with Crippen LogP contribution in [0.3, 0.4) is 0 Å². The molecule has 1 atom stereocenters. The fraction of sp³-hybridized carbons (Fsp3) is 0.240. The number of hydrogen-bond donors (Lipinski definition) is 0. The second kappa shape index (κ2) is 9.64. The molecule has 2 aromatic carbocycles. The lowest BCUT2D eigenvalue weighted by Crippen LogP contribution is -2.40. The second-order valence-corrected chi connectivity index (χ2v) is 8.45. The molecule has 0 saturated heterocycles. The highest BCUT2D eigenvalue weighted by atomic mass is 32.1. The van der Waals surface area contributed by atoms with E-state index in [9.17, 15) is 14.0 Å². The maximum atomic E-state index is 14.2. The second-order valence-electron chi connectivity index (χ2n) is 7.44. The third-order valence-electron chi connectivity index (χ3n) is 5.43. The van der Waals surface area contributed by atoms with Crippen LogP contribution in [0.25, 0.3) is 6.08 Å². The Balaban J connectivity index is 1.99. The van der Waals surface area contributed by atoms with Crippen molar-refractivity contribution >= 4 is 23.4 Å². The Bertz CT molecular complexity index is 1470. The van der Waals surface area contributed by atoms with Crippen molar-refractivity contribution in [2.24, 2.45) is 4.99 Å². The number of benzene rings is 2. The zero-order valence-corrected chi connectivity index (χ0v) is 19.9. The average Bonchev–Trinajstić information content (AvgIpc) is 3.13. The number of fused-ring (bicyclic) bond motifs is 1. The number of nitrogens with zero attached hydrogens (tertiary/aromatic N) is 2. The number of halogens is 1. The molecular weight excluding hydrogens is 459 g/mol. The first-order valence-electron chi connectivity index (χ1n) is 10.6. The normalized spacial score (nSPS) is 15.6. The van der Waals surface area contributed by atoms with E-state index in [0.29, 0.717) is 32.1 Å². The first-order chi connectivity index (χ1) is 16.4. The van der Waals surface area contributed by atoms with Crippen LogP contribution >= 0.6 is 11.3 Å². The van der Waals surface area contributed by atoms with Crippen LogP contribution in [-0.4, -0.2) is 31.4 Å². The lowest BCUT2D eigenvalue weighted by atomic mass is 9.95. The molecule has 9 heteroatoms. The van der Waals surface area contributed by atoms with Gasteiger partial charge in [0.2, 0.25) is 0 Å². The van der Waals surface area contributed by atoms with Gasteiger partial charge in [-0.2, -0.15) is 0 Å². The molecule has 1 aliphatic heterocycles. The topological polar surface area (TPSA) is 79.1 Å². The van der Waals surface area contributed by atoms with E-state index >= 15 is 0 Å². The summed E-state index contributed by atoms with van der Waals surface area (Å²) in [4.78, 5) is 31.4. The van der Waals surface area contributed by atoms with Gasteiger partial charge in [0.1, 0.15) is 5.82 Å². The Kier molecular flexibility index (Phi) is 6.65. The number of rotatable bonds is 6. The van der Waals surface area contributed by atoms with E-state index in [1.54, 1.807) is 50.2 Å². The molecule has 1 aliphatic rings. The molecule has 1 aromatic heterocycles. The lowest BCUT2D eigenvalue weighted by Gasteiger charge is -2.25. The summed E-state index contributed by atoms with van der Waals surface area (Å²) in [5.41, 5.74) is 1.21. The van der Waals surface area contributed by atoms with Crippen LogP contribution < -0.4 is 24.4 Å². The average molecular weight is 483 g/mol. The molecule has 0 aliphatic carbocycles. The van der Waals surface area contributed by atoms with Crippen LogP contribution in [0.15, 0.2) is 63.5 Å². The number of esters is 1. The van der Waals surface area contributed by atoms with E-state index in [1.165, 1.54) is 30.9 Å². The maximum Gasteiger partial charge on any atom is 0.338 e. The van der Waals surface area contributed by atoms with Crippen molar-refractivity contribution < 1.29 is 23.4 Å². The third kappa shape index (κ3) is 4.14. The highest BCUT2D eigenvalue weighted by molar-refractivity contribution is 7.07. The van der Waals surface area contributed by atoms with Crippen molar-refractivity contribution in [2.45, 2.75) is 19.9 Å². The van der Waals surface area contributed by atoms with Gasteiger partial charge in [0.05, 0.1) is 42.7 Å². The van der Waals surface area contributed by atoms with Gasteiger partial charge in [-0.15, -0.1) is 0 Å². The molecular formula is C25H23FN2O5S. The van der Waals surface area contributed by atoms with E-state index in [1.807, 2.05) is 0 Å². The Labute approximate surface area is 199 Å². The zero-order valence-electron chi connectivity index (χ0n) is 19.1. The van der Waals surface area contributed by atoms with Crippen molar-refractivity contribution in [2.75, 3.05) is 20.8 Å². The number of carbonyl (C=O) groups excluding carboxylic acids is 1. The largest absolute Gasteiger partial charge is 0.493 e. The van der Waals surface area contributed by atoms with Gasteiger partial charge < -0.3 is 14.2 Å². The number of ether oxygens (including phenoxy) is 3. The van der Waals surface area contributed by atoms with Crippen LogP contribution in [0.4, 0.5) is 4.39 Å². The molecule has 7 nitrogen and oxygen atoms in total. The Morgan fingerprint density at radius 1 is 1.18 bits per heavy atom. The van der Waals surface area contributed by atoms with Crippen LogP contribution in [0.2, 0.25) is 0 Å². The van der Waals surface area contributed by atoms with Gasteiger partial charge >= 0.3 is 5.97 Å². The fourth-order valence-corrected chi connectivity index (χ4v) is 4.90. The SMILES string of the molecule is CCOC(=O)C1=C(C)N=c2s/c(=C/c3ccccc3F)c(=O)n2[C@@H]1c1ccc(OC)c(OC)c1. The Morgan fingerprint density at radius 2 is 1.91 bits per heavy atom. The van der Waals surface area contributed by atoms with Crippen LogP contribution in [0.1, 0.15) is 31.0 Å². The molecule has 34 heavy (non-hydrogen) atoms. The van der Waals surface area contributed by atoms with Crippen molar-refractivity contribution in [1.82, 2.24) is 4.57 Å². The molecule has 0 unspecified atom stereocenters. The summed E-state index contributed by atoms with van der Waals surface area (Å²) in [6.07, 6.45) is 1.49. The van der Waals surface area contributed by atoms with E-state index < -0.39 is 17.8 Å². The molecule has 0 saturated carbocycles. The van der Waals surface area contributed by atoms with E-state index in [4.69, 9.17) is 14.2 Å². The summed E-state index contributed by atoms with van der Waals surface area (Å²) in [6, 6.07) is 10.6. The van der Waals surface area contributed by atoms with Gasteiger partial charge in [0.15, 0.2) is 16.3 Å². The van der Waals surface area contributed by atoms with Gasteiger partial charge in [0, 0.05) is 5.56 Å². The van der Waals surface area contributed by atoms with Crippen molar-refractivity contribution in [1.29, 1.82) is 0 Å². The minimum Gasteiger partial charge on any atom is -0.493 e.